The van der Waals surface area contributed by atoms with Crippen molar-refractivity contribution in [3.8, 4) is 0 Å². The average molecular weight is 421 g/mol. The molecule has 0 N–H and O–H groups in total. The van der Waals surface area contributed by atoms with Gasteiger partial charge in [-0.3, -0.25) is 0 Å². The minimum absolute atomic E-state index is 0.414. The van der Waals surface area contributed by atoms with Crippen LogP contribution in [-0.2, 0) is 13.0 Å². The third-order valence-electron chi connectivity index (χ3n) is 4.25. The summed E-state index contributed by atoms with van der Waals surface area (Å²) in [4.78, 5) is 4.80. The highest BCUT2D eigenvalue weighted by molar-refractivity contribution is 14.1. The first-order chi connectivity index (χ1) is 9.67. The fraction of sp³-hybridized carbons (Fsp3) is 0.533. The Kier molecular flexibility index (Phi) is 4.53. The second kappa shape index (κ2) is 6.05. The van der Waals surface area contributed by atoms with Crippen LogP contribution in [0.2, 0.25) is 0 Å². The molecule has 1 aliphatic rings. The number of fused-ring (bicyclic) bond motifs is 1. The van der Waals surface area contributed by atoms with Crippen molar-refractivity contribution < 1.29 is 0 Å². The summed E-state index contributed by atoms with van der Waals surface area (Å²) in [5.41, 5.74) is 2.36. The predicted molar refractivity (Wildman–Crippen MR) is 97.0 cm³/mol. The molecule has 3 rings (SSSR count). The van der Waals surface area contributed by atoms with Crippen LogP contribution in [0.3, 0.4) is 0 Å². The van der Waals surface area contributed by atoms with E-state index < -0.39 is 0 Å². The lowest BCUT2D eigenvalue weighted by Crippen LogP contribution is -2.38. The molecule has 0 amide bonds. The van der Waals surface area contributed by atoms with Crippen molar-refractivity contribution in [3.05, 3.63) is 27.6 Å². The molecule has 0 bridgehead atoms. The van der Waals surface area contributed by atoms with Crippen molar-refractivity contribution >= 4 is 57.0 Å². The molecule has 1 heterocycles. The largest absolute Gasteiger partial charge is 0.327 e. The molecule has 108 valence electrons. The second-order valence-electron chi connectivity index (χ2n) is 5.43. The Balaban J connectivity index is 2.04. The summed E-state index contributed by atoms with van der Waals surface area (Å²) in [5, 5.41) is 0. The zero-order valence-corrected chi connectivity index (χ0v) is 15.3. The van der Waals surface area contributed by atoms with Gasteiger partial charge in [-0.25, -0.2) is 4.98 Å². The van der Waals surface area contributed by atoms with Gasteiger partial charge >= 0.3 is 0 Å². The van der Waals surface area contributed by atoms with Crippen LogP contribution in [0.1, 0.15) is 25.1 Å². The summed E-state index contributed by atoms with van der Waals surface area (Å²) < 4.78 is 4.06. The lowest BCUT2D eigenvalue weighted by atomic mass is 9.84. The third kappa shape index (κ3) is 2.71. The minimum atomic E-state index is 0.414. The maximum atomic E-state index is 5.96. The standard InChI is InChI=1S/C15H18ClIN2S/c1-20-15(6-2-7-15)10-19-13-4-3-11(17)9-12(13)18-14(19)5-8-16/h3-4,9H,2,5-8,10H2,1H3. The van der Waals surface area contributed by atoms with E-state index in [-0.39, 0.29) is 0 Å². The number of imidazole rings is 1. The Morgan fingerprint density at radius 2 is 2.25 bits per heavy atom. The van der Waals surface area contributed by atoms with Crippen LogP contribution >= 0.6 is 46.0 Å². The van der Waals surface area contributed by atoms with Gasteiger partial charge in [0.05, 0.1) is 11.0 Å². The Labute approximate surface area is 142 Å². The molecule has 20 heavy (non-hydrogen) atoms. The molecule has 2 aromatic rings. The van der Waals surface area contributed by atoms with Crippen LogP contribution in [0.4, 0.5) is 0 Å². The fourth-order valence-corrected chi connectivity index (χ4v) is 4.49. The van der Waals surface area contributed by atoms with Gasteiger partial charge in [0, 0.05) is 27.2 Å². The molecule has 1 aromatic heterocycles. The van der Waals surface area contributed by atoms with Crippen molar-refractivity contribution in [2.75, 3.05) is 12.1 Å². The van der Waals surface area contributed by atoms with Crippen LogP contribution in [0, 0.1) is 3.57 Å². The minimum Gasteiger partial charge on any atom is -0.327 e. The lowest BCUT2D eigenvalue weighted by Gasteiger charge is -2.41. The van der Waals surface area contributed by atoms with Crippen molar-refractivity contribution in [3.63, 3.8) is 0 Å². The average Bonchev–Trinajstić information content (AvgIpc) is 2.71. The molecule has 1 saturated carbocycles. The highest BCUT2D eigenvalue weighted by atomic mass is 127. The summed E-state index contributed by atoms with van der Waals surface area (Å²) in [6.45, 7) is 1.07. The van der Waals surface area contributed by atoms with Crippen LogP contribution < -0.4 is 0 Å². The van der Waals surface area contributed by atoms with Crippen molar-refractivity contribution in [2.45, 2.75) is 37.0 Å². The number of aromatic nitrogens is 2. The molecule has 0 atom stereocenters. The first-order valence-corrected chi connectivity index (χ1v) is 9.77. The van der Waals surface area contributed by atoms with Gasteiger partial charge in [0.25, 0.3) is 0 Å². The molecular weight excluding hydrogens is 403 g/mol. The summed E-state index contributed by atoms with van der Waals surface area (Å²) in [6.07, 6.45) is 7.08. The smallest absolute Gasteiger partial charge is 0.111 e. The number of halogens is 2. The lowest BCUT2D eigenvalue weighted by molar-refractivity contribution is 0.322. The number of rotatable bonds is 5. The van der Waals surface area contributed by atoms with Gasteiger partial charge in [-0.15, -0.1) is 11.6 Å². The third-order valence-corrected chi connectivity index (χ3v) is 6.51. The molecule has 0 unspecified atom stereocenters. The molecule has 2 nitrogen and oxygen atoms in total. The van der Waals surface area contributed by atoms with Gasteiger partial charge in [-0.1, -0.05) is 6.42 Å². The van der Waals surface area contributed by atoms with Gasteiger partial charge in [0.2, 0.25) is 0 Å². The Morgan fingerprint density at radius 1 is 1.45 bits per heavy atom. The van der Waals surface area contributed by atoms with E-state index in [1.807, 2.05) is 11.8 Å². The zero-order chi connectivity index (χ0) is 14.2. The Bertz CT molecular complexity index is 616. The van der Waals surface area contributed by atoms with E-state index in [1.54, 1.807) is 0 Å². The molecule has 1 fully saturated rings. The van der Waals surface area contributed by atoms with Crippen molar-refractivity contribution in [1.82, 2.24) is 9.55 Å². The monoisotopic (exact) mass is 420 g/mol. The van der Waals surface area contributed by atoms with E-state index in [0.717, 1.165) is 24.3 Å². The molecular formula is C15H18ClIN2S. The van der Waals surface area contributed by atoms with Crippen LogP contribution in [0.5, 0.6) is 0 Å². The van der Waals surface area contributed by atoms with Crippen molar-refractivity contribution in [1.29, 1.82) is 0 Å². The Hall–Kier alpha value is 0.0600. The van der Waals surface area contributed by atoms with Gasteiger partial charge in [0.15, 0.2) is 0 Å². The number of nitrogens with zero attached hydrogens (tertiary/aromatic N) is 2. The van der Waals surface area contributed by atoms with E-state index >= 15 is 0 Å². The van der Waals surface area contributed by atoms with Crippen LogP contribution in [0.15, 0.2) is 18.2 Å². The van der Waals surface area contributed by atoms with E-state index in [2.05, 4.69) is 51.6 Å². The summed E-state index contributed by atoms with van der Waals surface area (Å²) in [5.74, 6) is 1.77. The molecule has 0 spiro atoms. The van der Waals surface area contributed by atoms with Crippen LogP contribution in [0.25, 0.3) is 11.0 Å². The molecule has 0 radical (unpaired) electrons. The molecule has 0 saturated heterocycles. The predicted octanol–water partition coefficient (Wildman–Crippen LogP) is 4.71. The van der Waals surface area contributed by atoms with Gasteiger partial charge in [0.1, 0.15) is 5.82 Å². The normalized spacial score (nSPS) is 17.4. The second-order valence-corrected chi connectivity index (χ2v) is 8.32. The molecule has 5 heteroatoms. The van der Waals surface area contributed by atoms with Gasteiger partial charge in [-0.2, -0.15) is 11.8 Å². The topological polar surface area (TPSA) is 17.8 Å². The van der Waals surface area contributed by atoms with E-state index in [4.69, 9.17) is 16.6 Å². The maximum Gasteiger partial charge on any atom is 0.111 e. The maximum absolute atomic E-state index is 5.96. The summed E-state index contributed by atoms with van der Waals surface area (Å²) in [7, 11) is 0. The number of alkyl halides is 1. The molecule has 1 aliphatic carbocycles. The number of aryl methyl sites for hydroxylation is 1. The number of hydrogen-bond donors (Lipinski definition) is 0. The highest BCUT2D eigenvalue weighted by Gasteiger charge is 2.37. The summed E-state index contributed by atoms with van der Waals surface area (Å²) >= 11 is 10.3. The van der Waals surface area contributed by atoms with E-state index in [1.165, 1.54) is 28.3 Å². The highest BCUT2D eigenvalue weighted by Crippen LogP contribution is 2.44. The molecule has 0 aliphatic heterocycles. The van der Waals surface area contributed by atoms with Gasteiger partial charge < -0.3 is 4.57 Å². The zero-order valence-electron chi connectivity index (χ0n) is 11.5. The number of hydrogen-bond acceptors (Lipinski definition) is 2. The van der Waals surface area contributed by atoms with E-state index in [0.29, 0.717) is 10.6 Å². The first kappa shape index (κ1) is 15.0. The van der Waals surface area contributed by atoms with Crippen LogP contribution in [-0.4, -0.2) is 26.4 Å². The fourth-order valence-electron chi connectivity index (χ4n) is 2.89. The van der Waals surface area contributed by atoms with Gasteiger partial charge in [-0.05, 0) is 59.9 Å². The SMILES string of the molecule is CSC1(Cn2c(CCCl)nc3cc(I)ccc32)CCC1. The molecule has 1 aromatic carbocycles. The van der Waals surface area contributed by atoms with E-state index in [9.17, 15) is 0 Å². The number of thioether (sulfide) groups is 1. The first-order valence-electron chi connectivity index (χ1n) is 6.93. The summed E-state index contributed by atoms with van der Waals surface area (Å²) in [6, 6.07) is 6.53. The quantitative estimate of drug-likeness (QED) is 0.515. The number of benzene rings is 1. The van der Waals surface area contributed by atoms with Crippen molar-refractivity contribution in [2.24, 2.45) is 0 Å². The Morgan fingerprint density at radius 3 is 2.85 bits per heavy atom.